The molecule has 0 spiro atoms. The lowest BCUT2D eigenvalue weighted by Crippen LogP contribution is -2.39. The Morgan fingerprint density at radius 3 is 2.53 bits per heavy atom. The molecule has 156 valence electrons. The van der Waals surface area contributed by atoms with Crippen molar-refractivity contribution in [3.8, 4) is 11.1 Å². The Bertz CT molecular complexity index is 1180. The number of hydrogen-bond donors (Lipinski definition) is 1. The fraction of sp³-hybridized carbons (Fsp3) is 0.364. The number of pyridine rings is 1. The molecule has 2 fully saturated rings. The first-order valence-corrected chi connectivity index (χ1v) is 12.1. The Kier molecular flexibility index (Phi) is 4.83. The van der Waals surface area contributed by atoms with Gasteiger partial charge in [0.05, 0.1) is 17.0 Å². The molecule has 1 amide bonds. The number of fused-ring (bicyclic) bond motifs is 1. The minimum atomic E-state index is -2.85. The van der Waals surface area contributed by atoms with Crippen molar-refractivity contribution in [1.29, 1.82) is 0 Å². The lowest BCUT2D eigenvalue weighted by molar-refractivity contribution is -0.117. The summed E-state index contributed by atoms with van der Waals surface area (Å²) in [5, 5.41) is 7.40. The topological polar surface area (TPSA) is 83.8 Å². The number of rotatable bonds is 5. The van der Waals surface area contributed by atoms with Crippen LogP contribution in [-0.4, -0.2) is 53.4 Å². The molecular weight excluding hydrogens is 400 g/mol. The fourth-order valence-electron chi connectivity index (χ4n) is 3.85. The van der Waals surface area contributed by atoms with Crippen molar-refractivity contribution in [2.75, 3.05) is 29.9 Å². The van der Waals surface area contributed by atoms with E-state index in [1.54, 1.807) is 4.52 Å². The molecule has 7 nitrogen and oxygen atoms in total. The quantitative estimate of drug-likeness (QED) is 0.681. The van der Waals surface area contributed by atoms with Crippen molar-refractivity contribution in [1.82, 2.24) is 14.5 Å². The van der Waals surface area contributed by atoms with Crippen molar-refractivity contribution >= 4 is 27.1 Å². The number of carbonyl (C=O) groups excluding carboxylic acids is 1. The first-order chi connectivity index (χ1) is 14.5. The van der Waals surface area contributed by atoms with Crippen LogP contribution in [0, 0.1) is 5.92 Å². The predicted octanol–water partition coefficient (Wildman–Crippen LogP) is 2.58. The number of carbonyl (C=O) groups is 1. The summed E-state index contributed by atoms with van der Waals surface area (Å²) in [6, 6.07) is 14.3. The number of anilines is 1. The number of nitrogens with zero attached hydrogens (tertiary/aromatic N) is 3. The van der Waals surface area contributed by atoms with Crippen LogP contribution in [0.15, 0.2) is 48.7 Å². The molecule has 0 atom stereocenters. The molecule has 1 aliphatic heterocycles. The van der Waals surface area contributed by atoms with Crippen molar-refractivity contribution in [3.05, 3.63) is 54.2 Å². The first kappa shape index (κ1) is 19.3. The molecule has 2 aliphatic rings. The van der Waals surface area contributed by atoms with Gasteiger partial charge in [0.1, 0.15) is 0 Å². The molecule has 1 N–H and O–H groups in total. The number of aromatic nitrogens is 2. The molecule has 1 aromatic carbocycles. The Morgan fingerprint density at radius 2 is 1.83 bits per heavy atom. The van der Waals surface area contributed by atoms with Gasteiger partial charge in [-0.15, -0.1) is 0 Å². The van der Waals surface area contributed by atoms with Gasteiger partial charge in [0, 0.05) is 43.4 Å². The van der Waals surface area contributed by atoms with Gasteiger partial charge in [0.25, 0.3) is 0 Å². The molecule has 0 unspecified atom stereocenters. The third-order valence-electron chi connectivity index (χ3n) is 5.81. The van der Waals surface area contributed by atoms with Gasteiger partial charge in [-0.3, -0.25) is 9.69 Å². The molecule has 1 saturated carbocycles. The predicted molar refractivity (Wildman–Crippen MR) is 116 cm³/mol. The molecule has 3 heterocycles. The van der Waals surface area contributed by atoms with E-state index < -0.39 is 9.84 Å². The highest BCUT2D eigenvalue weighted by molar-refractivity contribution is 7.91. The van der Waals surface area contributed by atoms with E-state index in [1.165, 1.54) is 0 Å². The van der Waals surface area contributed by atoms with Crippen LogP contribution in [0.1, 0.15) is 18.4 Å². The summed E-state index contributed by atoms with van der Waals surface area (Å²) >= 11 is 0. The Balaban J connectivity index is 1.33. The highest BCUT2D eigenvalue weighted by Crippen LogP contribution is 2.31. The largest absolute Gasteiger partial charge is 0.309 e. The van der Waals surface area contributed by atoms with E-state index in [-0.39, 0.29) is 23.3 Å². The Labute approximate surface area is 175 Å². The highest BCUT2D eigenvalue weighted by Gasteiger charge is 2.30. The molecule has 0 radical (unpaired) electrons. The average Bonchev–Trinajstić information content (AvgIpc) is 3.50. The van der Waals surface area contributed by atoms with Gasteiger partial charge in [-0.1, -0.05) is 30.3 Å². The van der Waals surface area contributed by atoms with Crippen LogP contribution in [-0.2, 0) is 21.2 Å². The minimum Gasteiger partial charge on any atom is -0.309 e. The lowest BCUT2D eigenvalue weighted by Gasteiger charge is -2.26. The van der Waals surface area contributed by atoms with E-state index in [2.05, 4.69) is 39.6 Å². The van der Waals surface area contributed by atoms with Crippen molar-refractivity contribution < 1.29 is 13.2 Å². The molecule has 2 aromatic heterocycles. The third-order valence-corrected chi connectivity index (χ3v) is 7.42. The maximum absolute atomic E-state index is 12.0. The van der Waals surface area contributed by atoms with Gasteiger partial charge in [-0.2, -0.15) is 5.10 Å². The van der Waals surface area contributed by atoms with Crippen molar-refractivity contribution in [2.45, 2.75) is 19.4 Å². The summed E-state index contributed by atoms with van der Waals surface area (Å²) < 4.78 is 25.0. The molecule has 1 aliphatic carbocycles. The normalized spacial score (nSPS) is 19.1. The average molecular weight is 425 g/mol. The van der Waals surface area contributed by atoms with Crippen LogP contribution in [0.5, 0.6) is 0 Å². The van der Waals surface area contributed by atoms with E-state index in [0.29, 0.717) is 18.9 Å². The van der Waals surface area contributed by atoms with E-state index >= 15 is 0 Å². The molecule has 1 saturated heterocycles. The molecule has 30 heavy (non-hydrogen) atoms. The van der Waals surface area contributed by atoms with E-state index in [4.69, 9.17) is 0 Å². The van der Waals surface area contributed by atoms with Gasteiger partial charge < -0.3 is 5.32 Å². The summed E-state index contributed by atoms with van der Waals surface area (Å²) in [6.45, 7) is 1.94. The second-order valence-corrected chi connectivity index (χ2v) is 10.5. The molecule has 3 aromatic rings. The van der Waals surface area contributed by atoms with E-state index in [9.17, 15) is 13.2 Å². The van der Waals surface area contributed by atoms with Crippen LogP contribution in [0.25, 0.3) is 16.6 Å². The standard InChI is InChI=1S/C22H24N4O3S/c27-22(18-7-8-18)23-21-14-20-19(2-1-9-26(20)24-21)17-5-3-16(4-6-17)15-25-10-12-30(28,29)13-11-25/h1-6,9,14,18H,7-8,10-13,15H2,(H,23,24,27). The first-order valence-electron chi connectivity index (χ1n) is 10.3. The Hall–Kier alpha value is -2.71. The maximum atomic E-state index is 12.0. The van der Waals surface area contributed by atoms with Crippen LogP contribution in [0.2, 0.25) is 0 Å². The fourth-order valence-corrected chi connectivity index (χ4v) is 5.13. The monoisotopic (exact) mass is 424 g/mol. The van der Waals surface area contributed by atoms with Crippen LogP contribution in [0.4, 0.5) is 5.82 Å². The zero-order valence-corrected chi connectivity index (χ0v) is 17.4. The zero-order valence-electron chi connectivity index (χ0n) is 16.6. The van der Waals surface area contributed by atoms with Crippen LogP contribution in [0.3, 0.4) is 0 Å². The highest BCUT2D eigenvalue weighted by atomic mass is 32.2. The van der Waals surface area contributed by atoms with Crippen LogP contribution < -0.4 is 5.32 Å². The van der Waals surface area contributed by atoms with Gasteiger partial charge in [-0.25, -0.2) is 12.9 Å². The van der Waals surface area contributed by atoms with Gasteiger partial charge in [-0.05, 0) is 30.0 Å². The lowest BCUT2D eigenvalue weighted by atomic mass is 10.0. The second-order valence-electron chi connectivity index (χ2n) is 8.17. The maximum Gasteiger partial charge on any atom is 0.228 e. The Morgan fingerprint density at radius 1 is 1.10 bits per heavy atom. The van der Waals surface area contributed by atoms with Crippen LogP contribution >= 0.6 is 0 Å². The van der Waals surface area contributed by atoms with Crippen molar-refractivity contribution in [3.63, 3.8) is 0 Å². The van der Waals surface area contributed by atoms with E-state index in [0.717, 1.165) is 41.6 Å². The smallest absolute Gasteiger partial charge is 0.228 e. The SMILES string of the molecule is O=C(Nc1cc2c(-c3ccc(CN4CCS(=O)(=O)CC4)cc3)cccn2n1)C1CC1. The van der Waals surface area contributed by atoms with Gasteiger partial charge >= 0.3 is 0 Å². The number of sulfone groups is 1. The second kappa shape index (κ2) is 7.52. The summed E-state index contributed by atoms with van der Waals surface area (Å²) in [6.07, 6.45) is 3.80. The summed E-state index contributed by atoms with van der Waals surface area (Å²) in [5.41, 5.74) is 4.23. The molecular formula is C22H24N4O3S. The molecule has 5 rings (SSSR count). The zero-order chi connectivity index (χ0) is 20.7. The molecule has 0 bridgehead atoms. The summed E-state index contributed by atoms with van der Waals surface area (Å²) in [5.74, 6) is 1.26. The number of nitrogens with one attached hydrogen (secondary N) is 1. The summed E-state index contributed by atoms with van der Waals surface area (Å²) in [4.78, 5) is 14.2. The molecule has 8 heteroatoms. The number of hydrogen-bond acceptors (Lipinski definition) is 5. The van der Waals surface area contributed by atoms with Gasteiger partial charge in [0.15, 0.2) is 15.7 Å². The summed E-state index contributed by atoms with van der Waals surface area (Å²) in [7, 11) is -2.85. The number of amides is 1. The van der Waals surface area contributed by atoms with Gasteiger partial charge in [0.2, 0.25) is 5.91 Å². The third kappa shape index (κ3) is 4.11. The van der Waals surface area contributed by atoms with E-state index in [1.807, 2.05) is 24.4 Å². The van der Waals surface area contributed by atoms with Crippen molar-refractivity contribution in [2.24, 2.45) is 5.92 Å². The number of benzene rings is 1. The minimum absolute atomic E-state index is 0.0508.